The molecular weight excluding hydrogens is 388 g/mol. The van der Waals surface area contributed by atoms with Crippen molar-refractivity contribution in [2.45, 2.75) is 58.7 Å². The molecule has 0 aromatic carbocycles. The quantitative estimate of drug-likeness (QED) is 0.255. The van der Waals surface area contributed by atoms with Crippen LogP contribution in [0, 0.1) is 11.8 Å². The summed E-state index contributed by atoms with van der Waals surface area (Å²) in [7, 11) is 0. The minimum Gasteiger partial charge on any atom is -0.480 e. The van der Waals surface area contributed by atoms with E-state index >= 15 is 0 Å². The Morgan fingerprint density at radius 1 is 0.897 bits per heavy atom. The summed E-state index contributed by atoms with van der Waals surface area (Å²) < 4.78 is 0. The highest BCUT2D eigenvalue weighted by atomic mass is 16.4. The topological polar surface area (TPSA) is 239 Å². The van der Waals surface area contributed by atoms with E-state index in [0.717, 1.165) is 19.4 Å². The van der Waals surface area contributed by atoms with Gasteiger partial charge in [-0.05, 0) is 31.2 Å². The van der Waals surface area contributed by atoms with Crippen molar-refractivity contribution in [3.8, 4) is 0 Å². The highest BCUT2D eigenvalue weighted by Gasteiger charge is 2.20. The maximum atomic E-state index is 10.1. The molecule has 0 spiro atoms. The molecule has 1 fully saturated rings. The van der Waals surface area contributed by atoms with E-state index in [1.165, 1.54) is 0 Å². The van der Waals surface area contributed by atoms with Crippen LogP contribution in [0.15, 0.2) is 0 Å². The number of hydrogen-bond donors (Lipinski definition) is 8. The molecule has 1 aliphatic rings. The molecule has 12 nitrogen and oxygen atoms in total. The SMILES string of the molecule is CC(C)[C@H](N)C(=O)O.CC(C)[C@H](N)C(=O)O.NCC(=O)O.O=C(O)[C@@H]1CCCN1. The Bertz CT molecular complexity index is 453. The molecule has 0 aliphatic carbocycles. The zero-order valence-corrected chi connectivity index (χ0v) is 17.4. The van der Waals surface area contributed by atoms with Crippen LogP contribution in [0.2, 0.25) is 0 Å². The molecule has 1 aliphatic heterocycles. The Balaban J connectivity index is -0.000000316. The average Bonchev–Trinajstić information content (AvgIpc) is 3.16. The normalized spacial score (nSPS) is 16.8. The molecule has 1 rings (SSSR count). The minimum atomic E-state index is -0.968. The van der Waals surface area contributed by atoms with E-state index in [1.807, 2.05) is 0 Å². The van der Waals surface area contributed by atoms with Gasteiger partial charge in [-0.25, -0.2) is 0 Å². The van der Waals surface area contributed by atoms with Crippen LogP contribution in [0.25, 0.3) is 0 Å². The van der Waals surface area contributed by atoms with E-state index in [2.05, 4.69) is 11.1 Å². The Kier molecular flexibility index (Phi) is 19.3. The third kappa shape index (κ3) is 20.3. The third-order valence-corrected chi connectivity index (χ3v) is 3.54. The number of hydrogen-bond acceptors (Lipinski definition) is 8. The van der Waals surface area contributed by atoms with Crippen LogP contribution in [0.1, 0.15) is 40.5 Å². The molecule has 12 heteroatoms. The molecule has 0 bridgehead atoms. The van der Waals surface area contributed by atoms with Crippen molar-refractivity contribution in [1.29, 1.82) is 0 Å². The third-order valence-electron chi connectivity index (χ3n) is 3.54. The molecule has 172 valence electrons. The van der Waals surface area contributed by atoms with Gasteiger partial charge in [-0.15, -0.1) is 0 Å². The van der Waals surface area contributed by atoms with Crippen LogP contribution in [-0.4, -0.2) is 75.5 Å². The van der Waals surface area contributed by atoms with Crippen molar-refractivity contribution in [1.82, 2.24) is 5.32 Å². The van der Waals surface area contributed by atoms with E-state index in [4.69, 9.17) is 31.9 Å². The zero-order valence-electron chi connectivity index (χ0n) is 17.4. The number of nitrogens with one attached hydrogen (secondary N) is 1. The first-order chi connectivity index (χ1) is 13.2. The first kappa shape index (κ1) is 31.4. The lowest BCUT2D eigenvalue weighted by Crippen LogP contribution is -2.34. The van der Waals surface area contributed by atoms with Crippen LogP contribution >= 0.6 is 0 Å². The molecule has 1 heterocycles. The fourth-order valence-corrected chi connectivity index (χ4v) is 1.47. The number of nitrogens with two attached hydrogens (primary N) is 3. The van der Waals surface area contributed by atoms with E-state index < -0.39 is 36.0 Å². The zero-order chi connectivity index (χ0) is 23.7. The monoisotopic (exact) mass is 424 g/mol. The van der Waals surface area contributed by atoms with Crippen LogP contribution in [0.5, 0.6) is 0 Å². The summed E-state index contributed by atoms with van der Waals surface area (Å²) in [5.41, 5.74) is 14.9. The Morgan fingerprint density at radius 3 is 1.31 bits per heavy atom. The fraction of sp³-hybridized carbons (Fsp3) is 0.765. The lowest BCUT2D eigenvalue weighted by Gasteiger charge is -2.07. The predicted octanol–water partition coefficient (Wildman–Crippen LogP) is -1.04. The summed E-state index contributed by atoms with van der Waals surface area (Å²) in [5, 5.41) is 35.3. The summed E-state index contributed by atoms with van der Waals surface area (Å²) in [6, 6.07) is -1.69. The van der Waals surface area contributed by atoms with Crippen molar-refractivity contribution in [2.75, 3.05) is 13.1 Å². The van der Waals surface area contributed by atoms with Gasteiger partial charge in [0.2, 0.25) is 0 Å². The van der Waals surface area contributed by atoms with E-state index in [1.54, 1.807) is 27.7 Å². The first-order valence-corrected chi connectivity index (χ1v) is 9.03. The summed E-state index contributed by atoms with van der Waals surface area (Å²) in [4.78, 5) is 39.4. The highest BCUT2D eigenvalue weighted by molar-refractivity contribution is 5.74. The first-order valence-electron chi connectivity index (χ1n) is 9.03. The van der Waals surface area contributed by atoms with Crippen LogP contribution in [0.3, 0.4) is 0 Å². The standard InChI is InChI=1S/C5H9NO2.2C5H11NO2.C2H5NO2/c7-5(8)4-2-1-3-6-4;2*1-3(2)4(6)5(7)8;3-1-2(4)5/h4,6H,1-3H2,(H,7,8);2*3-4H,6H2,1-2H3,(H,7,8);1,3H2,(H,4,5)/t3*4-;/m000./s1. The molecule has 3 atom stereocenters. The lowest BCUT2D eigenvalue weighted by atomic mass is 10.1. The minimum absolute atomic E-state index is 0.0208. The van der Waals surface area contributed by atoms with Crippen molar-refractivity contribution in [3.63, 3.8) is 0 Å². The predicted molar refractivity (Wildman–Crippen MR) is 106 cm³/mol. The molecule has 0 unspecified atom stereocenters. The van der Waals surface area contributed by atoms with Crippen molar-refractivity contribution >= 4 is 23.9 Å². The Hall–Kier alpha value is -2.28. The van der Waals surface area contributed by atoms with Gasteiger partial charge < -0.3 is 42.9 Å². The molecule has 0 radical (unpaired) electrons. The van der Waals surface area contributed by atoms with Crippen molar-refractivity contribution < 1.29 is 39.6 Å². The molecule has 0 aromatic rings. The van der Waals surface area contributed by atoms with Crippen molar-refractivity contribution in [3.05, 3.63) is 0 Å². The summed E-state index contributed by atoms with van der Waals surface area (Å²) >= 11 is 0. The van der Waals surface area contributed by atoms with Gasteiger partial charge in [0.05, 0.1) is 6.54 Å². The van der Waals surface area contributed by atoms with Gasteiger partial charge in [-0.3, -0.25) is 19.2 Å². The molecule has 0 amide bonds. The number of aliphatic carboxylic acids is 4. The van der Waals surface area contributed by atoms with Crippen LogP contribution in [-0.2, 0) is 19.2 Å². The van der Waals surface area contributed by atoms with Crippen LogP contribution < -0.4 is 22.5 Å². The lowest BCUT2D eigenvalue weighted by molar-refractivity contribution is -0.140. The molecule has 0 aromatic heterocycles. The second-order valence-electron chi connectivity index (χ2n) is 6.80. The molecule has 1 saturated heterocycles. The second-order valence-corrected chi connectivity index (χ2v) is 6.80. The largest absolute Gasteiger partial charge is 0.480 e. The van der Waals surface area contributed by atoms with Crippen molar-refractivity contribution in [2.24, 2.45) is 29.0 Å². The summed E-state index contributed by atoms with van der Waals surface area (Å²) in [6.07, 6.45) is 1.78. The second kappa shape index (κ2) is 17.8. The van der Waals surface area contributed by atoms with E-state index in [0.29, 0.717) is 0 Å². The molecule has 0 saturated carbocycles. The van der Waals surface area contributed by atoms with E-state index in [9.17, 15) is 19.2 Å². The average molecular weight is 424 g/mol. The smallest absolute Gasteiger partial charge is 0.320 e. The maximum Gasteiger partial charge on any atom is 0.320 e. The number of rotatable bonds is 6. The van der Waals surface area contributed by atoms with Gasteiger partial charge in [-0.2, -0.15) is 0 Å². The summed E-state index contributed by atoms with van der Waals surface area (Å²) in [6.45, 7) is 7.69. The summed E-state index contributed by atoms with van der Waals surface area (Å²) in [5.74, 6) is -3.51. The number of carbonyl (C=O) groups is 4. The number of carboxylic acid groups (broad SMARTS) is 4. The molecular formula is C17H36N4O8. The van der Waals surface area contributed by atoms with Gasteiger partial charge in [-0.1, -0.05) is 27.7 Å². The van der Waals surface area contributed by atoms with Gasteiger partial charge in [0, 0.05) is 0 Å². The highest BCUT2D eigenvalue weighted by Crippen LogP contribution is 2.03. The molecule has 11 N–H and O–H groups in total. The van der Waals surface area contributed by atoms with Crippen LogP contribution in [0.4, 0.5) is 0 Å². The fourth-order valence-electron chi connectivity index (χ4n) is 1.47. The molecule has 29 heavy (non-hydrogen) atoms. The van der Waals surface area contributed by atoms with Gasteiger partial charge in [0.15, 0.2) is 0 Å². The van der Waals surface area contributed by atoms with E-state index in [-0.39, 0.29) is 24.4 Å². The van der Waals surface area contributed by atoms with Gasteiger partial charge in [0.25, 0.3) is 0 Å². The Labute approximate surface area is 170 Å². The van der Waals surface area contributed by atoms with Gasteiger partial charge in [0.1, 0.15) is 18.1 Å². The Morgan fingerprint density at radius 2 is 1.24 bits per heavy atom. The van der Waals surface area contributed by atoms with Gasteiger partial charge >= 0.3 is 23.9 Å². The maximum absolute atomic E-state index is 10.1. The number of carboxylic acids is 4.